The third-order valence-electron chi connectivity index (χ3n) is 5.92. The molecule has 0 saturated carbocycles. The van der Waals surface area contributed by atoms with E-state index in [0.29, 0.717) is 30.1 Å². The second-order valence-electron chi connectivity index (χ2n) is 8.45. The van der Waals surface area contributed by atoms with Crippen molar-refractivity contribution in [3.05, 3.63) is 106 Å². The summed E-state index contributed by atoms with van der Waals surface area (Å²) >= 11 is 1.26. The van der Waals surface area contributed by atoms with Gasteiger partial charge in [0.25, 0.3) is 5.91 Å². The summed E-state index contributed by atoms with van der Waals surface area (Å²) in [6.07, 6.45) is 1.11. The lowest BCUT2D eigenvalue weighted by atomic mass is 10.1. The normalized spacial score (nSPS) is 16.4. The highest BCUT2D eigenvalue weighted by Gasteiger charge is 2.40. The Morgan fingerprint density at radius 3 is 2.36 bits per heavy atom. The van der Waals surface area contributed by atoms with E-state index >= 15 is 0 Å². The van der Waals surface area contributed by atoms with Gasteiger partial charge < -0.3 is 10.1 Å². The maximum atomic E-state index is 13.6. The Morgan fingerprint density at radius 1 is 1.03 bits per heavy atom. The van der Waals surface area contributed by atoms with Crippen LogP contribution in [0.25, 0.3) is 0 Å². The summed E-state index contributed by atoms with van der Waals surface area (Å²) in [5.74, 6) is 0.107. The zero-order valence-corrected chi connectivity index (χ0v) is 21.0. The summed E-state index contributed by atoms with van der Waals surface area (Å²) < 4.78 is 5.23. The lowest BCUT2D eigenvalue weighted by Gasteiger charge is -2.19. The topological polar surface area (TPSA) is 82.4 Å². The first kappa shape index (κ1) is 25.1. The average Bonchev–Trinajstić information content (AvgIpc) is 3.21. The first-order valence-electron chi connectivity index (χ1n) is 11.7. The number of carbonyl (C=O) groups excluding carboxylic acids is 2. The van der Waals surface area contributed by atoms with Gasteiger partial charge in [-0.15, -0.1) is 0 Å². The van der Waals surface area contributed by atoms with Gasteiger partial charge in [0.1, 0.15) is 22.4 Å². The minimum Gasteiger partial charge on any atom is -0.497 e. The van der Waals surface area contributed by atoms with Crippen molar-refractivity contribution in [1.82, 2.24) is 5.32 Å². The molecule has 3 aromatic rings. The van der Waals surface area contributed by atoms with Crippen LogP contribution < -0.4 is 15.0 Å². The van der Waals surface area contributed by atoms with Crippen LogP contribution in [0.15, 0.2) is 89.5 Å². The molecule has 7 heteroatoms. The number of amides is 2. The summed E-state index contributed by atoms with van der Waals surface area (Å²) in [5.41, 5.74) is 3.69. The van der Waals surface area contributed by atoms with Crippen LogP contribution in [0.1, 0.15) is 16.7 Å². The highest BCUT2D eigenvalue weighted by molar-refractivity contribution is 8.05. The van der Waals surface area contributed by atoms with Crippen molar-refractivity contribution in [2.75, 3.05) is 18.6 Å². The Kier molecular flexibility index (Phi) is 8.09. The number of ether oxygens (including phenoxy) is 1. The number of carbonyl (C=O) groups is 2. The van der Waals surface area contributed by atoms with Gasteiger partial charge >= 0.3 is 0 Å². The number of thioether (sulfide) groups is 1. The van der Waals surface area contributed by atoms with Crippen LogP contribution in [0.4, 0.5) is 5.69 Å². The Balaban J connectivity index is 1.60. The zero-order chi connectivity index (χ0) is 25.5. The lowest BCUT2D eigenvalue weighted by molar-refractivity contribution is -0.117. The van der Waals surface area contributed by atoms with E-state index in [2.05, 4.69) is 11.4 Å². The Morgan fingerprint density at radius 2 is 1.72 bits per heavy atom. The fourth-order valence-electron chi connectivity index (χ4n) is 3.94. The number of anilines is 1. The molecule has 0 radical (unpaired) electrons. The Labute approximate surface area is 215 Å². The zero-order valence-electron chi connectivity index (χ0n) is 20.2. The van der Waals surface area contributed by atoms with Gasteiger partial charge in [-0.05, 0) is 55.2 Å². The molecule has 36 heavy (non-hydrogen) atoms. The van der Waals surface area contributed by atoms with Gasteiger partial charge in [-0.1, -0.05) is 71.9 Å². The van der Waals surface area contributed by atoms with Gasteiger partial charge in [-0.3, -0.25) is 14.5 Å². The molecular weight excluding hydrogens is 470 g/mol. The van der Waals surface area contributed by atoms with Crippen molar-refractivity contribution in [2.24, 2.45) is 0 Å². The van der Waals surface area contributed by atoms with Crippen molar-refractivity contribution in [3.8, 4) is 11.8 Å². The number of aryl methyl sites for hydroxylation is 1. The number of rotatable bonds is 8. The molecule has 2 amide bonds. The summed E-state index contributed by atoms with van der Waals surface area (Å²) in [6, 6.07) is 26.9. The largest absolute Gasteiger partial charge is 0.497 e. The number of nitriles is 1. The van der Waals surface area contributed by atoms with Gasteiger partial charge in [0.05, 0.1) is 12.4 Å². The average molecular weight is 498 g/mol. The smallest absolute Gasteiger partial charge is 0.264 e. The minimum atomic E-state index is -0.481. The van der Waals surface area contributed by atoms with Gasteiger partial charge in [0, 0.05) is 12.2 Å². The fraction of sp³-hybridized carbons (Fsp3) is 0.207. The highest BCUT2D eigenvalue weighted by Crippen LogP contribution is 2.42. The number of nitrogens with zero attached hydrogens (tertiary/aromatic N) is 2. The summed E-state index contributed by atoms with van der Waals surface area (Å²) in [7, 11) is 1.61. The van der Waals surface area contributed by atoms with Crippen molar-refractivity contribution in [1.29, 1.82) is 5.26 Å². The first-order valence-corrected chi connectivity index (χ1v) is 12.5. The predicted molar refractivity (Wildman–Crippen MR) is 143 cm³/mol. The molecule has 1 N–H and O–H groups in total. The molecular formula is C29H27N3O3S. The standard InChI is InChI=1S/C29H27N3O3S/c1-20-8-12-23(13-9-20)32-28(34)26(18-22-10-14-24(35-2)15-11-22)36-29(32)25(19-30)27(33)31-17-16-21-6-4-3-5-7-21/h3-15,26H,16-18H2,1-2H3,(H,31,33). The van der Waals surface area contributed by atoms with Gasteiger partial charge in [-0.25, -0.2) is 0 Å². The molecule has 0 spiro atoms. The third-order valence-corrected chi connectivity index (χ3v) is 7.18. The number of methoxy groups -OCH3 is 1. The maximum Gasteiger partial charge on any atom is 0.264 e. The van der Waals surface area contributed by atoms with Gasteiger partial charge in [0.2, 0.25) is 5.91 Å². The van der Waals surface area contributed by atoms with Crippen LogP contribution in [0.3, 0.4) is 0 Å². The number of nitrogens with one attached hydrogen (secondary N) is 1. The Hall–Kier alpha value is -4.02. The lowest BCUT2D eigenvalue weighted by Crippen LogP contribution is -2.32. The Bertz CT molecular complexity index is 1300. The molecule has 4 rings (SSSR count). The molecule has 0 aliphatic carbocycles. The summed E-state index contributed by atoms with van der Waals surface area (Å²) in [4.78, 5) is 28.2. The quantitative estimate of drug-likeness (QED) is 0.358. The van der Waals surface area contributed by atoms with Crippen LogP contribution in [-0.2, 0) is 22.4 Å². The van der Waals surface area contributed by atoms with Crippen molar-refractivity contribution < 1.29 is 14.3 Å². The second-order valence-corrected chi connectivity index (χ2v) is 9.64. The molecule has 6 nitrogen and oxygen atoms in total. The van der Waals surface area contributed by atoms with Crippen LogP contribution in [0.2, 0.25) is 0 Å². The van der Waals surface area contributed by atoms with E-state index in [1.54, 1.807) is 7.11 Å². The molecule has 1 heterocycles. The SMILES string of the molecule is COc1ccc(CC2SC(=C(C#N)C(=O)NCCc3ccccc3)N(c3ccc(C)cc3)C2=O)cc1. The van der Waals surface area contributed by atoms with E-state index in [4.69, 9.17) is 4.74 Å². The minimum absolute atomic E-state index is 0.0563. The van der Waals surface area contributed by atoms with Crippen molar-refractivity contribution >= 4 is 29.3 Å². The van der Waals surface area contributed by atoms with Crippen LogP contribution >= 0.6 is 11.8 Å². The molecule has 1 aliphatic heterocycles. The molecule has 1 atom stereocenters. The second kappa shape index (κ2) is 11.6. The number of benzene rings is 3. The van der Waals surface area contributed by atoms with E-state index < -0.39 is 11.2 Å². The molecule has 0 aromatic heterocycles. The summed E-state index contributed by atoms with van der Waals surface area (Å²) in [6.45, 7) is 2.36. The van der Waals surface area contributed by atoms with Gasteiger partial charge in [0.15, 0.2) is 0 Å². The van der Waals surface area contributed by atoms with Crippen LogP contribution in [-0.4, -0.2) is 30.7 Å². The van der Waals surface area contributed by atoms with E-state index in [-0.39, 0.29) is 11.5 Å². The fourth-order valence-corrected chi connectivity index (χ4v) is 5.25. The third kappa shape index (κ3) is 5.78. The van der Waals surface area contributed by atoms with E-state index in [1.807, 2.05) is 85.8 Å². The molecule has 3 aromatic carbocycles. The highest BCUT2D eigenvalue weighted by atomic mass is 32.2. The molecule has 1 aliphatic rings. The number of hydrogen-bond donors (Lipinski definition) is 1. The van der Waals surface area contributed by atoms with Crippen LogP contribution in [0, 0.1) is 18.3 Å². The molecule has 182 valence electrons. The molecule has 1 saturated heterocycles. The summed E-state index contributed by atoms with van der Waals surface area (Å²) in [5, 5.41) is 12.7. The van der Waals surface area contributed by atoms with Gasteiger partial charge in [-0.2, -0.15) is 5.26 Å². The first-order chi connectivity index (χ1) is 17.5. The van der Waals surface area contributed by atoms with E-state index in [1.165, 1.54) is 16.7 Å². The van der Waals surface area contributed by atoms with E-state index in [9.17, 15) is 14.9 Å². The predicted octanol–water partition coefficient (Wildman–Crippen LogP) is 4.79. The van der Waals surface area contributed by atoms with Crippen LogP contribution in [0.5, 0.6) is 5.75 Å². The number of hydrogen-bond acceptors (Lipinski definition) is 5. The van der Waals surface area contributed by atoms with Crippen molar-refractivity contribution in [2.45, 2.75) is 25.0 Å². The van der Waals surface area contributed by atoms with Crippen molar-refractivity contribution in [3.63, 3.8) is 0 Å². The molecule has 0 bridgehead atoms. The van der Waals surface area contributed by atoms with E-state index in [0.717, 1.165) is 22.4 Å². The monoisotopic (exact) mass is 497 g/mol. The molecule has 1 fully saturated rings. The maximum absolute atomic E-state index is 13.6. The molecule has 1 unspecified atom stereocenters.